The molecular weight excluding hydrogens is 210 g/mol. The van der Waals surface area contributed by atoms with Crippen molar-refractivity contribution >= 4 is 11.9 Å². The Morgan fingerprint density at radius 1 is 1.56 bits per heavy atom. The van der Waals surface area contributed by atoms with Crippen LogP contribution >= 0.6 is 0 Å². The number of alkyl carbamates (subject to hydrolysis) is 1. The van der Waals surface area contributed by atoms with Crippen molar-refractivity contribution in [3.05, 3.63) is 0 Å². The summed E-state index contributed by atoms with van der Waals surface area (Å²) in [6, 6.07) is 0. The lowest BCUT2D eigenvalue weighted by Gasteiger charge is -2.24. The van der Waals surface area contributed by atoms with Crippen LogP contribution in [0, 0.1) is 0 Å². The van der Waals surface area contributed by atoms with Crippen LogP contribution in [0.15, 0.2) is 0 Å². The first-order valence-corrected chi connectivity index (χ1v) is 5.47. The Morgan fingerprint density at radius 3 is 2.75 bits per heavy atom. The van der Waals surface area contributed by atoms with Gasteiger partial charge in [0.1, 0.15) is 12.2 Å². The molecule has 0 aromatic heterocycles. The molecule has 0 aromatic carbocycles. The van der Waals surface area contributed by atoms with Gasteiger partial charge in [0, 0.05) is 13.0 Å². The molecule has 5 heteroatoms. The van der Waals surface area contributed by atoms with Crippen molar-refractivity contribution in [1.82, 2.24) is 5.32 Å². The topological polar surface area (TPSA) is 64.6 Å². The fourth-order valence-electron chi connectivity index (χ4n) is 1.36. The van der Waals surface area contributed by atoms with Crippen LogP contribution < -0.4 is 5.32 Å². The van der Waals surface area contributed by atoms with E-state index in [4.69, 9.17) is 9.47 Å². The fourth-order valence-corrected chi connectivity index (χ4v) is 1.36. The van der Waals surface area contributed by atoms with Gasteiger partial charge in [-0.05, 0) is 27.2 Å². The van der Waals surface area contributed by atoms with Crippen LogP contribution in [0.2, 0.25) is 0 Å². The molecule has 0 saturated carbocycles. The highest BCUT2D eigenvalue weighted by molar-refractivity contribution is 5.80. The molecule has 1 saturated heterocycles. The van der Waals surface area contributed by atoms with E-state index in [1.807, 2.05) is 20.8 Å². The van der Waals surface area contributed by atoms with Crippen molar-refractivity contribution in [2.24, 2.45) is 0 Å². The summed E-state index contributed by atoms with van der Waals surface area (Å²) in [5, 5.41) is 2.63. The molecule has 0 bridgehead atoms. The molecule has 1 rings (SSSR count). The third kappa shape index (κ3) is 5.11. The second-order valence-electron chi connectivity index (χ2n) is 4.89. The lowest BCUT2D eigenvalue weighted by molar-refractivity contribution is -0.130. The summed E-state index contributed by atoms with van der Waals surface area (Å²) in [6.45, 7) is 5.97. The highest BCUT2D eigenvalue weighted by atomic mass is 16.6. The number of nitrogens with one attached hydrogen (secondary N) is 1. The lowest BCUT2D eigenvalue weighted by Crippen LogP contribution is -2.40. The molecule has 1 fully saturated rings. The molecular formula is C11H19NO4. The molecule has 1 aliphatic rings. The Labute approximate surface area is 95.5 Å². The maximum absolute atomic E-state index is 11.3. The maximum Gasteiger partial charge on any atom is 0.407 e. The molecule has 16 heavy (non-hydrogen) atoms. The van der Waals surface area contributed by atoms with Gasteiger partial charge in [-0.25, -0.2) is 4.79 Å². The molecule has 0 radical (unpaired) electrons. The summed E-state index contributed by atoms with van der Waals surface area (Å²) in [6.07, 6.45) is 0.660. The van der Waals surface area contributed by atoms with Gasteiger partial charge in [0.15, 0.2) is 5.78 Å². The van der Waals surface area contributed by atoms with Gasteiger partial charge in [-0.3, -0.25) is 4.79 Å². The normalized spacial score (nSPS) is 21.7. The average Bonchev–Trinajstić information content (AvgIpc) is 2.14. The number of amides is 1. The zero-order valence-corrected chi connectivity index (χ0v) is 10.0. The SMILES string of the molecule is CC(C)(C)OC(=O)NCC1CCC(=O)CO1. The number of hydrogen-bond donors (Lipinski definition) is 1. The van der Waals surface area contributed by atoms with Gasteiger partial charge in [0.25, 0.3) is 0 Å². The lowest BCUT2D eigenvalue weighted by atomic mass is 10.1. The van der Waals surface area contributed by atoms with Crippen LogP contribution in [0.5, 0.6) is 0 Å². The third-order valence-corrected chi connectivity index (χ3v) is 2.10. The molecule has 1 atom stereocenters. The standard InChI is InChI=1S/C11H19NO4/c1-11(2,3)16-10(14)12-6-9-5-4-8(13)7-15-9/h9H,4-7H2,1-3H3,(H,12,14). The quantitative estimate of drug-likeness (QED) is 0.774. The van der Waals surface area contributed by atoms with Gasteiger partial charge in [-0.2, -0.15) is 0 Å². The van der Waals surface area contributed by atoms with Crippen LogP contribution in [0.3, 0.4) is 0 Å². The predicted octanol–water partition coefficient (Wildman–Crippen LogP) is 1.26. The molecule has 1 aliphatic heterocycles. The van der Waals surface area contributed by atoms with Gasteiger partial charge in [-0.15, -0.1) is 0 Å². The first-order valence-electron chi connectivity index (χ1n) is 5.47. The summed E-state index contributed by atoms with van der Waals surface area (Å²) in [7, 11) is 0. The Bertz CT molecular complexity index is 260. The number of Topliss-reactive ketones (excluding diaryl/α,β-unsaturated/α-hetero) is 1. The predicted molar refractivity (Wildman–Crippen MR) is 58.2 cm³/mol. The minimum absolute atomic E-state index is 0.0785. The summed E-state index contributed by atoms with van der Waals surface area (Å²) >= 11 is 0. The van der Waals surface area contributed by atoms with E-state index in [1.54, 1.807) is 0 Å². The van der Waals surface area contributed by atoms with Crippen LogP contribution in [0.1, 0.15) is 33.6 Å². The van der Waals surface area contributed by atoms with E-state index in [0.29, 0.717) is 19.4 Å². The van der Waals surface area contributed by atoms with Gasteiger partial charge in [0.2, 0.25) is 0 Å². The van der Waals surface area contributed by atoms with E-state index in [0.717, 1.165) is 0 Å². The molecule has 0 spiro atoms. The third-order valence-electron chi connectivity index (χ3n) is 2.10. The number of ketones is 1. The van der Waals surface area contributed by atoms with Gasteiger partial charge >= 0.3 is 6.09 Å². The fraction of sp³-hybridized carbons (Fsp3) is 0.818. The zero-order chi connectivity index (χ0) is 12.2. The van der Waals surface area contributed by atoms with E-state index in [1.165, 1.54) is 0 Å². The number of hydrogen-bond acceptors (Lipinski definition) is 4. The van der Waals surface area contributed by atoms with Crippen molar-refractivity contribution < 1.29 is 19.1 Å². The second-order valence-corrected chi connectivity index (χ2v) is 4.89. The zero-order valence-electron chi connectivity index (χ0n) is 10.0. The molecule has 0 aliphatic carbocycles. The molecule has 5 nitrogen and oxygen atoms in total. The van der Waals surface area contributed by atoms with E-state index in [-0.39, 0.29) is 18.5 Å². The van der Waals surface area contributed by atoms with Crippen molar-refractivity contribution in [3.63, 3.8) is 0 Å². The monoisotopic (exact) mass is 229 g/mol. The molecule has 0 aromatic rings. The summed E-state index contributed by atoms with van der Waals surface area (Å²) in [5.41, 5.74) is -0.493. The largest absolute Gasteiger partial charge is 0.444 e. The molecule has 92 valence electrons. The highest BCUT2D eigenvalue weighted by Gasteiger charge is 2.21. The minimum Gasteiger partial charge on any atom is -0.444 e. The van der Waals surface area contributed by atoms with Gasteiger partial charge in [-0.1, -0.05) is 0 Å². The Morgan fingerprint density at radius 2 is 2.25 bits per heavy atom. The first kappa shape index (κ1) is 13.0. The Balaban J connectivity index is 2.19. The smallest absolute Gasteiger partial charge is 0.407 e. The van der Waals surface area contributed by atoms with Gasteiger partial charge in [0.05, 0.1) is 6.10 Å². The average molecular weight is 229 g/mol. The van der Waals surface area contributed by atoms with Crippen LogP contribution in [-0.2, 0) is 14.3 Å². The maximum atomic E-state index is 11.3. The number of ether oxygens (including phenoxy) is 2. The Hall–Kier alpha value is -1.10. The molecule has 1 unspecified atom stereocenters. The second kappa shape index (κ2) is 5.30. The molecule has 1 amide bonds. The van der Waals surface area contributed by atoms with E-state index < -0.39 is 11.7 Å². The van der Waals surface area contributed by atoms with Crippen LogP contribution in [-0.4, -0.2) is 36.7 Å². The van der Waals surface area contributed by atoms with Crippen molar-refractivity contribution in [1.29, 1.82) is 0 Å². The van der Waals surface area contributed by atoms with Crippen molar-refractivity contribution in [2.45, 2.75) is 45.3 Å². The summed E-state index contributed by atoms with van der Waals surface area (Å²) < 4.78 is 10.3. The van der Waals surface area contributed by atoms with Crippen molar-refractivity contribution in [2.75, 3.05) is 13.2 Å². The van der Waals surface area contributed by atoms with E-state index in [2.05, 4.69) is 5.32 Å². The van der Waals surface area contributed by atoms with Gasteiger partial charge < -0.3 is 14.8 Å². The molecule has 1 heterocycles. The first-order chi connectivity index (χ1) is 7.37. The van der Waals surface area contributed by atoms with Crippen LogP contribution in [0.25, 0.3) is 0 Å². The van der Waals surface area contributed by atoms with E-state index in [9.17, 15) is 9.59 Å². The van der Waals surface area contributed by atoms with Crippen molar-refractivity contribution in [3.8, 4) is 0 Å². The minimum atomic E-state index is -0.493. The number of carbonyl (C=O) groups excluding carboxylic acids is 2. The summed E-state index contributed by atoms with van der Waals surface area (Å²) in [5.74, 6) is 0.119. The van der Waals surface area contributed by atoms with E-state index >= 15 is 0 Å². The highest BCUT2D eigenvalue weighted by Crippen LogP contribution is 2.10. The van der Waals surface area contributed by atoms with Crippen LogP contribution in [0.4, 0.5) is 4.79 Å². The molecule has 1 N–H and O–H groups in total. The number of rotatable bonds is 2. The summed E-state index contributed by atoms with van der Waals surface area (Å²) in [4.78, 5) is 22.2. The number of carbonyl (C=O) groups is 2. The Kier molecular flexibility index (Phi) is 4.29.